The molecule has 2 aromatic rings. The first-order chi connectivity index (χ1) is 8.52. The van der Waals surface area contributed by atoms with Crippen LogP contribution in [0.1, 0.15) is 5.69 Å². The number of ether oxygens (including phenoxy) is 1. The third-order valence-corrected chi connectivity index (χ3v) is 3.41. The molecule has 0 radical (unpaired) electrons. The van der Waals surface area contributed by atoms with Crippen LogP contribution < -0.4 is 10.3 Å². The summed E-state index contributed by atoms with van der Waals surface area (Å²) in [7, 11) is 1.47. The zero-order valence-electron chi connectivity index (χ0n) is 9.82. The molecule has 0 saturated heterocycles. The van der Waals surface area contributed by atoms with Crippen molar-refractivity contribution < 1.29 is 9.84 Å². The van der Waals surface area contributed by atoms with E-state index in [0.29, 0.717) is 27.3 Å². The standard InChI is InChI=1S/C12H11BrN2O3/c1-6-10(13)12(17)15-11(14-6)7-3-4-9(18-2)8(16)5-7/h3-5,16H,1-2H3,(H,14,15,17). The highest BCUT2D eigenvalue weighted by atomic mass is 79.9. The fourth-order valence-corrected chi connectivity index (χ4v) is 1.73. The molecule has 2 rings (SSSR count). The van der Waals surface area contributed by atoms with Crippen molar-refractivity contribution in [3.05, 3.63) is 38.7 Å². The average molecular weight is 311 g/mol. The van der Waals surface area contributed by atoms with Crippen molar-refractivity contribution in [3.8, 4) is 22.9 Å². The number of nitrogens with one attached hydrogen (secondary N) is 1. The molecule has 1 aromatic heterocycles. The molecule has 94 valence electrons. The summed E-state index contributed by atoms with van der Waals surface area (Å²) in [5, 5.41) is 9.69. The average Bonchev–Trinajstić information content (AvgIpc) is 2.35. The number of phenolic OH excluding ortho intramolecular Hbond substituents is 1. The number of phenols is 1. The number of halogens is 1. The van der Waals surface area contributed by atoms with E-state index in [1.165, 1.54) is 13.2 Å². The van der Waals surface area contributed by atoms with Crippen molar-refractivity contribution in [2.75, 3.05) is 7.11 Å². The lowest BCUT2D eigenvalue weighted by Crippen LogP contribution is -2.11. The normalized spacial score (nSPS) is 10.4. The van der Waals surface area contributed by atoms with Gasteiger partial charge >= 0.3 is 0 Å². The van der Waals surface area contributed by atoms with Gasteiger partial charge in [-0.2, -0.15) is 0 Å². The lowest BCUT2D eigenvalue weighted by atomic mass is 10.2. The smallest absolute Gasteiger partial charge is 0.265 e. The Morgan fingerprint density at radius 1 is 1.44 bits per heavy atom. The van der Waals surface area contributed by atoms with E-state index in [1.54, 1.807) is 19.1 Å². The lowest BCUT2D eigenvalue weighted by molar-refractivity contribution is 0.373. The largest absolute Gasteiger partial charge is 0.504 e. The number of rotatable bonds is 2. The number of hydrogen-bond acceptors (Lipinski definition) is 4. The van der Waals surface area contributed by atoms with Crippen LogP contribution in [0.2, 0.25) is 0 Å². The quantitative estimate of drug-likeness (QED) is 0.892. The van der Waals surface area contributed by atoms with Gasteiger partial charge in [0.1, 0.15) is 10.3 Å². The molecule has 0 unspecified atom stereocenters. The lowest BCUT2D eigenvalue weighted by Gasteiger charge is -2.07. The zero-order valence-corrected chi connectivity index (χ0v) is 11.4. The van der Waals surface area contributed by atoms with Gasteiger partial charge in [0.15, 0.2) is 11.5 Å². The Labute approximate surface area is 112 Å². The predicted octanol–water partition coefficient (Wildman–Crippen LogP) is 2.22. The molecule has 6 heteroatoms. The number of methoxy groups -OCH3 is 1. The molecule has 1 aromatic carbocycles. The Hall–Kier alpha value is -1.82. The molecule has 0 saturated carbocycles. The molecular formula is C12H11BrN2O3. The van der Waals surface area contributed by atoms with E-state index < -0.39 is 0 Å². The van der Waals surface area contributed by atoms with Crippen molar-refractivity contribution >= 4 is 15.9 Å². The van der Waals surface area contributed by atoms with Crippen molar-refractivity contribution in [1.29, 1.82) is 0 Å². The second-order valence-corrected chi connectivity index (χ2v) is 4.49. The minimum absolute atomic E-state index is 0.00165. The van der Waals surface area contributed by atoms with Crippen LogP contribution in [0.3, 0.4) is 0 Å². The van der Waals surface area contributed by atoms with Crippen LogP contribution in [0, 0.1) is 6.92 Å². The summed E-state index contributed by atoms with van der Waals surface area (Å²) in [6.07, 6.45) is 0. The van der Waals surface area contributed by atoms with Crippen molar-refractivity contribution in [3.63, 3.8) is 0 Å². The summed E-state index contributed by atoms with van der Waals surface area (Å²) < 4.78 is 5.36. The highest BCUT2D eigenvalue weighted by molar-refractivity contribution is 9.10. The molecular weight excluding hydrogens is 300 g/mol. The highest BCUT2D eigenvalue weighted by Gasteiger charge is 2.09. The van der Waals surface area contributed by atoms with Crippen LogP contribution in [-0.4, -0.2) is 22.2 Å². The Kier molecular flexibility index (Phi) is 3.38. The maximum atomic E-state index is 11.6. The first-order valence-corrected chi connectivity index (χ1v) is 5.96. The molecule has 18 heavy (non-hydrogen) atoms. The summed E-state index contributed by atoms with van der Waals surface area (Å²) >= 11 is 3.15. The number of H-pyrrole nitrogens is 1. The number of benzene rings is 1. The van der Waals surface area contributed by atoms with E-state index in [2.05, 4.69) is 25.9 Å². The predicted molar refractivity (Wildman–Crippen MR) is 70.9 cm³/mol. The molecule has 0 atom stereocenters. The number of aryl methyl sites for hydroxylation is 1. The number of nitrogens with zero attached hydrogens (tertiary/aromatic N) is 1. The zero-order chi connectivity index (χ0) is 13.3. The minimum Gasteiger partial charge on any atom is -0.504 e. The summed E-state index contributed by atoms with van der Waals surface area (Å²) in [4.78, 5) is 18.5. The van der Waals surface area contributed by atoms with Crippen LogP contribution >= 0.6 is 15.9 Å². The monoisotopic (exact) mass is 310 g/mol. The SMILES string of the molecule is COc1ccc(-c2nc(C)c(Br)c(=O)[nH]2)cc1O. The second kappa shape index (κ2) is 4.81. The van der Waals surface area contributed by atoms with Crippen LogP contribution in [0.15, 0.2) is 27.5 Å². The second-order valence-electron chi connectivity index (χ2n) is 3.70. The molecule has 0 aliphatic rings. The Morgan fingerprint density at radius 2 is 2.17 bits per heavy atom. The van der Waals surface area contributed by atoms with Gasteiger partial charge in [0.25, 0.3) is 5.56 Å². The molecule has 2 N–H and O–H groups in total. The van der Waals surface area contributed by atoms with Gasteiger partial charge in [-0.25, -0.2) is 4.98 Å². The van der Waals surface area contributed by atoms with E-state index in [0.717, 1.165) is 0 Å². The van der Waals surface area contributed by atoms with E-state index in [-0.39, 0.29) is 11.3 Å². The molecule has 0 aliphatic carbocycles. The van der Waals surface area contributed by atoms with Crippen molar-refractivity contribution in [2.24, 2.45) is 0 Å². The van der Waals surface area contributed by atoms with Gasteiger partial charge in [-0.15, -0.1) is 0 Å². The molecule has 5 nitrogen and oxygen atoms in total. The van der Waals surface area contributed by atoms with Crippen LogP contribution in [-0.2, 0) is 0 Å². The first-order valence-electron chi connectivity index (χ1n) is 5.16. The van der Waals surface area contributed by atoms with Crippen molar-refractivity contribution in [2.45, 2.75) is 6.92 Å². The van der Waals surface area contributed by atoms with E-state index in [9.17, 15) is 9.90 Å². The molecule has 0 spiro atoms. The number of aromatic nitrogens is 2. The van der Waals surface area contributed by atoms with Crippen LogP contribution in [0.4, 0.5) is 0 Å². The van der Waals surface area contributed by atoms with Gasteiger partial charge in [0.05, 0.1) is 12.8 Å². The summed E-state index contributed by atoms with van der Waals surface area (Å²) in [5.41, 5.74) is 0.942. The number of aromatic hydroxyl groups is 1. The number of aromatic amines is 1. The third kappa shape index (κ3) is 2.24. The Bertz CT molecular complexity index is 652. The molecule has 0 amide bonds. The van der Waals surface area contributed by atoms with Crippen molar-refractivity contribution in [1.82, 2.24) is 9.97 Å². The Morgan fingerprint density at radius 3 is 2.72 bits per heavy atom. The van der Waals surface area contributed by atoms with Gasteiger partial charge in [0, 0.05) is 5.56 Å². The summed E-state index contributed by atoms with van der Waals surface area (Å²) in [5.74, 6) is 0.770. The third-order valence-electron chi connectivity index (χ3n) is 2.48. The van der Waals surface area contributed by atoms with Crippen LogP contribution in [0.5, 0.6) is 11.5 Å². The van der Waals surface area contributed by atoms with Gasteiger partial charge in [-0.1, -0.05) is 0 Å². The highest BCUT2D eigenvalue weighted by Crippen LogP contribution is 2.29. The maximum absolute atomic E-state index is 11.6. The molecule has 1 heterocycles. The topological polar surface area (TPSA) is 75.2 Å². The number of hydrogen-bond donors (Lipinski definition) is 2. The van der Waals surface area contributed by atoms with E-state index in [1.807, 2.05) is 0 Å². The summed E-state index contributed by atoms with van der Waals surface area (Å²) in [6.45, 7) is 1.73. The van der Waals surface area contributed by atoms with Gasteiger partial charge in [0.2, 0.25) is 0 Å². The fraction of sp³-hybridized carbons (Fsp3) is 0.167. The van der Waals surface area contributed by atoms with Gasteiger partial charge in [-0.05, 0) is 41.1 Å². The molecule has 0 fully saturated rings. The van der Waals surface area contributed by atoms with Gasteiger partial charge < -0.3 is 14.8 Å². The summed E-state index contributed by atoms with van der Waals surface area (Å²) in [6, 6.07) is 4.82. The van der Waals surface area contributed by atoms with Gasteiger partial charge in [-0.3, -0.25) is 4.79 Å². The van der Waals surface area contributed by atoms with E-state index in [4.69, 9.17) is 4.74 Å². The van der Waals surface area contributed by atoms with E-state index >= 15 is 0 Å². The van der Waals surface area contributed by atoms with Crippen LogP contribution in [0.25, 0.3) is 11.4 Å². The Balaban J connectivity index is 2.56. The maximum Gasteiger partial charge on any atom is 0.265 e. The fourth-order valence-electron chi connectivity index (χ4n) is 1.55. The molecule has 0 bridgehead atoms. The molecule has 0 aliphatic heterocycles. The first kappa shape index (κ1) is 12.6. The minimum atomic E-state index is -0.257.